The maximum absolute atomic E-state index is 12.3. The number of imidazole rings is 1. The second-order valence-corrected chi connectivity index (χ2v) is 7.32. The van der Waals surface area contributed by atoms with Crippen molar-refractivity contribution >= 4 is 23.2 Å². The number of aryl methyl sites for hydroxylation is 1. The van der Waals surface area contributed by atoms with Crippen molar-refractivity contribution in [3.8, 4) is 0 Å². The highest BCUT2D eigenvalue weighted by atomic mass is 35.5. The van der Waals surface area contributed by atoms with Crippen LogP contribution in [0.3, 0.4) is 0 Å². The Labute approximate surface area is 165 Å². The van der Waals surface area contributed by atoms with Gasteiger partial charge in [-0.05, 0) is 35.7 Å². The minimum atomic E-state index is -0.0161. The molecule has 0 atom stereocenters. The Hall–Kier alpha value is -2.59. The molecule has 27 heavy (non-hydrogen) atoms. The Morgan fingerprint density at radius 3 is 2.78 bits per heavy atom. The molecular weight excluding hydrogens is 358 g/mol. The van der Waals surface area contributed by atoms with Crippen LogP contribution in [0.2, 0.25) is 5.02 Å². The summed E-state index contributed by atoms with van der Waals surface area (Å²) in [5, 5.41) is 3.68. The largest absolute Gasteiger partial charge is 0.330 e. The highest BCUT2D eigenvalue weighted by Crippen LogP contribution is 2.18. The fraction of sp³-hybridized carbons (Fsp3) is 0.273. The van der Waals surface area contributed by atoms with Gasteiger partial charge in [-0.25, -0.2) is 4.98 Å². The predicted octanol–water partition coefficient (Wildman–Crippen LogP) is 5.28. The van der Waals surface area contributed by atoms with Crippen LogP contribution in [0, 0.1) is 0 Å². The third-order valence-corrected chi connectivity index (χ3v) is 4.78. The summed E-state index contributed by atoms with van der Waals surface area (Å²) in [4.78, 5) is 16.7. The van der Waals surface area contributed by atoms with Crippen molar-refractivity contribution in [2.24, 2.45) is 0 Å². The summed E-state index contributed by atoms with van der Waals surface area (Å²) in [5.41, 5.74) is 2.92. The minimum Gasteiger partial charge on any atom is -0.330 e. The molecule has 0 aliphatic carbocycles. The average molecular weight is 382 g/mol. The first-order valence-corrected chi connectivity index (χ1v) is 9.54. The molecule has 0 fully saturated rings. The molecular formula is C22H24ClN3O. The van der Waals surface area contributed by atoms with Gasteiger partial charge in [0.05, 0.1) is 0 Å². The number of hydrogen-bond donors (Lipinski definition) is 1. The highest BCUT2D eigenvalue weighted by Gasteiger charge is 2.09. The van der Waals surface area contributed by atoms with E-state index in [4.69, 9.17) is 11.6 Å². The Balaban J connectivity index is 1.61. The summed E-state index contributed by atoms with van der Waals surface area (Å²) in [5.74, 6) is 1.41. The van der Waals surface area contributed by atoms with Crippen molar-refractivity contribution < 1.29 is 4.79 Å². The lowest BCUT2D eigenvalue weighted by atomic mass is 10.1. The van der Waals surface area contributed by atoms with Gasteiger partial charge in [-0.3, -0.25) is 4.79 Å². The molecule has 1 N–H and O–H groups in total. The molecule has 1 aromatic heterocycles. The zero-order chi connectivity index (χ0) is 19.2. The lowest BCUT2D eigenvalue weighted by Gasteiger charge is -2.12. The fourth-order valence-corrected chi connectivity index (χ4v) is 3.30. The van der Waals surface area contributed by atoms with E-state index < -0.39 is 0 Å². The topological polar surface area (TPSA) is 46.9 Å². The van der Waals surface area contributed by atoms with Crippen molar-refractivity contribution in [3.05, 3.63) is 82.9 Å². The summed E-state index contributed by atoms with van der Waals surface area (Å²) in [6, 6.07) is 15.6. The van der Waals surface area contributed by atoms with Crippen LogP contribution in [0.25, 0.3) is 0 Å². The van der Waals surface area contributed by atoms with Gasteiger partial charge >= 0.3 is 0 Å². The first kappa shape index (κ1) is 19.2. The Bertz CT molecular complexity index is 917. The van der Waals surface area contributed by atoms with E-state index in [1.807, 2.05) is 54.9 Å². The van der Waals surface area contributed by atoms with Crippen LogP contribution >= 0.6 is 11.6 Å². The quantitative estimate of drug-likeness (QED) is 0.605. The number of aromatic nitrogens is 2. The summed E-state index contributed by atoms with van der Waals surface area (Å²) in [6.45, 7) is 5.00. The van der Waals surface area contributed by atoms with Crippen LogP contribution in [0.5, 0.6) is 0 Å². The number of carbonyl (C=O) groups is 1. The number of nitrogens with zero attached hydrogens (tertiary/aromatic N) is 2. The predicted molar refractivity (Wildman–Crippen MR) is 110 cm³/mol. The SMILES string of the molecule is CC(C)c1nccn1Cc1cccc(NC(=O)CCc2ccccc2Cl)c1. The Morgan fingerprint density at radius 2 is 2.00 bits per heavy atom. The van der Waals surface area contributed by atoms with Gasteiger partial charge in [0.15, 0.2) is 0 Å². The number of amides is 1. The van der Waals surface area contributed by atoms with E-state index in [1.54, 1.807) is 0 Å². The lowest BCUT2D eigenvalue weighted by Crippen LogP contribution is -2.13. The van der Waals surface area contributed by atoms with Crippen molar-refractivity contribution in [2.75, 3.05) is 5.32 Å². The third-order valence-electron chi connectivity index (χ3n) is 4.41. The van der Waals surface area contributed by atoms with Crippen LogP contribution in [0.1, 0.15) is 43.1 Å². The molecule has 0 saturated carbocycles. The Kier molecular flexibility index (Phi) is 6.30. The zero-order valence-electron chi connectivity index (χ0n) is 15.7. The number of benzene rings is 2. The molecule has 3 aromatic rings. The molecule has 4 nitrogen and oxygen atoms in total. The van der Waals surface area contributed by atoms with Crippen LogP contribution in [0.4, 0.5) is 5.69 Å². The van der Waals surface area contributed by atoms with Gasteiger partial charge in [0.2, 0.25) is 5.91 Å². The molecule has 1 heterocycles. The first-order chi connectivity index (χ1) is 13.0. The molecule has 0 aliphatic rings. The number of hydrogen-bond acceptors (Lipinski definition) is 2. The lowest BCUT2D eigenvalue weighted by molar-refractivity contribution is -0.116. The van der Waals surface area contributed by atoms with E-state index in [2.05, 4.69) is 34.8 Å². The third kappa shape index (κ3) is 5.20. The van der Waals surface area contributed by atoms with Crippen molar-refractivity contribution in [3.63, 3.8) is 0 Å². The van der Waals surface area contributed by atoms with E-state index in [1.165, 1.54) is 0 Å². The van der Waals surface area contributed by atoms with Crippen LogP contribution in [-0.4, -0.2) is 15.5 Å². The number of halogens is 1. The summed E-state index contributed by atoms with van der Waals surface area (Å²) in [7, 11) is 0. The standard InChI is InChI=1S/C22H24ClN3O/c1-16(2)22-24-12-13-26(22)15-17-6-5-8-19(14-17)25-21(27)11-10-18-7-3-4-9-20(18)23/h3-9,12-14,16H,10-11,15H2,1-2H3,(H,25,27). The van der Waals surface area contributed by atoms with E-state index in [0.717, 1.165) is 29.2 Å². The van der Waals surface area contributed by atoms with E-state index in [0.29, 0.717) is 23.8 Å². The molecule has 5 heteroatoms. The van der Waals surface area contributed by atoms with E-state index in [9.17, 15) is 4.79 Å². The van der Waals surface area contributed by atoms with Gasteiger partial charge in [-0.15, -0.1) is 0 Å². The van der Waals surface area contributed by atoms with Gasteiger partial charge < -0.3 is 9.88 Å². The van der Waals surface area contributed by atoms with Crippen molar-refractivity contribution in [1.82, 2.24) is 9.55 Å². The highest BCUT2D eigenvalue weighted by molar-refractivity contribution is 6.31. The second-order valence-electron chi connectivity index (χ2n) is 6.91. The summed E-state index contributed by atoms with van der Waals surface area (Å²) >= 11 is 6.15. The first-order valence-electron chi connectivity index (χ1n) is 9.16. The number of rotatable bonds is 7. The van der Waals surface area contributed by atoms with E-state index >= 15 is 0 Å². The fourth-order valence-electron chi connectivity index (χ4n) is 3.07. The van der Waals surface area contributed by atoms with Gasteiger partial charge in [0.1, 0.15) is 5.82 Å². The monoisotopic (exact) mass is 381 g/mol. The molecule has 140 valence electrons. The molecule has 0 spiro atoms. The Morgan fingerprint density at radius 1 is 1.19 bits per heavy atom. The molecule has 0 bridgehead atoms. The second kappa shape index (κ2) is 8.87. The van der Waals surface area contributed by atoms with Crippen LogP contribution in [-0.2, 0) is 17.8 Å². The van der Waals surface area contributed by atoms with Gasteiger partial charge in [0.25, 0.3) is 0 Å². The summed E-state index contributed by atoms with van der Waals surface area (Å²) in [6.07, 6.45) is 4.84. The zero-order valence-corrected chi connectivity index (χ0v) is 16.4. The van der Waals surface area contributed by atoms with Gasteiger partial charge in [-0.2, -0.15) is 0 Å². The maximum atomic E-state index is 12.3. The smallest absolute Gasteiger partial charge is 0.224 e. The number of nitrogens with one attached hydrogen (secondary N) is 1. The average Bonchev–Trinajstić information content (AvgIpc) is 3.10. The van der Waals surface area contributed by atoms with E-state index in [-0.39, 0.29) is 5.91 Å². The number of carbonyl (C=O) groups excluding carboxylic acids is 1. The molecule has 0 saturated heterocycles. The number of anilines is 1. The van der Waals surface area contributed by atoms with Crippen molar-refractivity contribution in [1.29, 1.82) is 0 Å². The van der Waals surface area contributed by atoms with Gasteiger partial charge in [0, 0.05) is 42.0 Å². The van der Waals surface area contributed by atoms with Crippen LogP contribution in [0.15, 0.2) is 60.9 Å². The molecule has 1 amide bonds. The molecule has 2 aromatic carbocycles. The molecule has 3 rings (SSSR count). The normalized spacial score (nSPS) is 11.0. The maximum Gasteiger partial charge on any atom is 0.224 e. The minimum absolute atomic E-state index is 0.0161. The molecule has 0 radical (unpaired) electrons. The molecule has 0 aliphatic heterocycles. The van der Waals surface area contributed by atoms with Crippen molar-refractivity contribution in [2.45, 2.75) is 39.2 Å². The van der Waals surface area contributed by atoms with Gasteiger partial charge in [-0.1, -0.05) is 55.8 Å². The molecule has 0 unspecified atom stereocenters. The summed E-state index contributed by atoms with van der Waals surface area (Å²) < 4.78 is 2.14. The van der Waals surface area contributed by atoms with Crippen LogP contribution < -0.4 is 5.32 Å².